The van der Waals surface area contributed by atoms with Crippen LogP contribution in [0.1, 0.15) is 64.1 Å². The third-order valence-electron chi connectivity index (χ3n) is 8.93. The van der Waals surface area contributed by atoms with Crippen LogP contribution in [-0.4, -0.2) is 58.9 Å². The fourth-order valence-electron chi connectivity index (χ4n) is 6.25. The highest BCUT2D eigenvalue weighted by atomic mass is 35.5. The summed E-state index contributed by atoms with van der Waals surface area (Å²) in [6.07, 6.45) is 12.3. The van der Waals surface area contributed by atoms with Crippen molar-refractivity contribution < 1.29 is 0 Å². The average molecular weight is 652 g/mol. The molecular formula is C37H46ClN9. The largest absolute Gasteiger partial charge is 0.377 e. The predicted molar refractivity (Wildman–Crippen MR) is 195 cm³/mol. The van der Waals surface area contributed by atoms with E-state index in [1.54, 1.807) is 19.5 Å². The number of fused-ring (bicyclic) bond motifs is 1. The molecule has 3 aromatic rings. The van der Waals surface area contributed by atoms with E-state index in [0.717, 1.165) is 60.3 Å². The number of likely N-dealkylation sites (tertiary alicyclic amines) is 1. The number of halogens is 1. The number of piperidine rings is 1. The maximum Gasteiger partial charge on any atom is 0.103 e. The summed E-state index contributed by atoms with van der Waals surface area (Å²) in [6, 6.07) is 16.5. The van der Waals surface area contributed by atoms with Crippen LogP contribution >= 0.6 is 11.6 Å². The number of rotatable bonds is 11. The second-order valence-corrected chi connectivity index (χ2v) is 13.5. The van der Waals surface area contributed by atoms with Gasteiger partial charge in [0.25, 0.3) is 0 Å². The Labute approximate surface area is 284 Å². The third-order valence-corrected chi connectivity index (χ3v) is 9.21. The molecule has 0 saturated carbocycles. The van der Waals surface area contributed by atoms with Gasteiger partial charge in [-0.1, -0.05) is 61.5 Å². The summed E-state index contributed by atoms with van der Waals surface area (Å²) in [6.45, 7) is 15.5. The van der Waals surface area contributed by atoms with Crippen molar-refractivity contribution in [3.05, 3.63) is 101 Å². The molecule has 3 heterocycles. The maximum absolute atomic E-state index is 10.1. The highest BCUT2D eigenvalue weighted by Crippen LogP contribution is 2.36. The fraction of sp³-hybridized carbons (Fsp3) is 0.378. The van der Waals surface area contributed by atoms with Gasteiger partial charge in [0.1, 0.15) is 6.07 Å². The summed E-state index contributed by atoms with van der Waals surface area (Å²) >= 11 is 6.89. The lowest BCUT2D eigenvalue weighted by Gasteiger charge is -2.42. The minimum atomic E-state index is -0.312. The highest BCUT2D eigenvalue weighted by molar-refractivity contribution is 6.35. The molecule has 47 heavy (non-hydrogen) atoms. The molecule has 2 aromatic carbocycles. The second-order valence-electron chi connectivity index (χ2n) is 13.1. The van der Waals surface area contributed by atoms with Crippen molar-refractivity contribution in [2.45, 2.75) is 70.6 Å². The molecule has 0 unspecified atom stereocenters. The number of aliphatic imine (C=N–C) groups is 1. The molecule has 5 rings (SSSR count). The van der Waals surface area contributed by atoms with Gasteiger partial charge in [-0.2, -0.15) is 5.26 Å². The van der Waals surface area contributed by atoms with E-state index in [1.807, 2.05) is 42.5 Å². The number of hydrazine groups is 2. The summed E-state index contributed by atoms with van der Waals surface area (Å²) < 4.78 is 0. The average Bonchev–Trinajstić information content (AvgIpc) is 3.56. The van der Waals surface area contributed by atoms with Gasteiger partial charge in [0, 0.05) is 61.4 Å². The van der Waals surface area contributed by atoms with Crippen LogP contribution in [0.25, 0.3) is 10.9 Å². The molecule has 0 radical (unpaired) electrons. The van der Waals surface area contributed by atoms with E-state index in [9.17, 15) is 5.26 Å². The summed E-state index contributed by atoms with van der Waals surface area (Å²) in [5, 5.41) is 20.8. The van der Waals surface area contributed by atoms with E-state index in [1.165, 1.54) is 0 Å². The van der Waals surface area contributed by atoms with Crippen molar-refractivity contribution in [1.29, 1.82) is 5.26 Å². The second kappa shape index (κ2) is 15.0. The molecule has 10 heteroatoms. The third kappa shape index (κ3) is 7.96. The number of hydrogen-bond donors (Lipinski definition) is 4. The molecule has 1 aromatic heterocycles. The number of nitriles is 1. The van der Waals surface area contributed by atoms with E-state index in [0.29, 0.717) is 27.8 Å². The number of benzene rings is 2. The van der Waals surface area contributed by atoms with Gasteiger partial charge < -0.3 is 16.1 Å². The van der Waals surface area contributed by atoms with Crippen molar-refractivity contribution in [1.82, 2.24) is 25.9 Å². The molecule has 0 aliphatic carbocycles. The van der Waals surface area contributed by atoms with Gasteiger partial charge in [-0.25, -0.2) is 0 Å². The van der Waals surface area contributed by atoms with Gasteiger partial charge >= 0.3 is 0 Å². The van der Waals surface area contributed by atoms with Gasteiger partial charge in [0.15, 0.2) is 0 Å². The van der Waals surface area contributed by atoms with Crippen molar-refractivity contribution in [3.8, 4) is 6.07 Å². The van der Waals surface area contributed by atoms with Crippen molar-refractivity contribution >= 4 is 40.1 Å². The first-order valence-corrected chi connectivity index (χ1v) is 16.7. The van der Waals surface area contributed by atoms with E-state index in [4.69, 9.17) is 11.6 Å². The molecule has 2 aliphatic heterocycles. The van der Waals surface area contributed by atoms with Crippen molar-refractivity contribution in [2.24, 2.45) is 4.99 Å². The summed E-state index contributed by atoms with van der Waals surface area (Å²) in [4.78, 5) is 11.2. The number of aromatic nitrogens is 1. The molecule has 0 amide bonds. The number of hydrogen-bond acceptors (Lipinski definition) is 9. The fourth-order valence-corrected chi connectivity index (χ4v) is 6.52. The molecule has 2 aliphatic rings. The Morgan fingerprint density at radius 2 is 1.96 bits per heavy atom. The molecule has 2 atom stereocenters. The monoisotopic (exact) mass is 651 g/mol. The zero-order valence-corrected chi connectivity index (χ0v) is 28.8. The Hall–Kier alpha value is -4.36. The van der Waals surface area contributed by atoms with Crippen LogP contribution in [0.2, 0.25) is 5.02 Å². The van der Waals surface area contributed by atoms with Crippen LogP contribution in [0.15, 0.2) is 89.9 Å². The van der Waals surface area contributed by atoms with Crippen LogP contribution < -0.4 is 21.6 Å². The highest BCUT2D eigenvalue weighted by Gasteiger charge is 2.32. The first kappa shape index (κ1) is 34.0. The van der Waals surface area contributed by atoms with Crippen molar-refractivity contribution in [2.75, 3.05) is 30.8 Å². The van der Waals surface area contributed by atoms with Gasteiger partial charge in [-0.05, 0) is 69.4 Å². The Kier molecular flexibility index (Phi) is 10.9. The molecule has 1 saturated heterocycles. The number of nitrogens with zero attached hydrogens (tertiary/aromatic N) is 5. The first-order chi connectivity index (χ1) is 22.6. The molecular weight excluding hydrogens is 606 g/mol. The normalized spacial score (nSPS) is 17.5. The summed E-state index contributed by atoms with van der Waals surface area (Å²) in [5.41, 5.74) is 12.4. The lowest BCUT2D eigenvalue weighted by molar-refractivity contribution is 0.0570. The smallest absolute Gasteiger partial charge is 0.103 e. The topological polar surface area (TPSA) is 104 Å². The molecule has 0 spiro atoms. The number of allylic oxidation sites excluding steroid dienone is 1. The lowest BCUT2D eigenvalue weighted by Crippen LogP contribution is -2.52. The number of nitrogens with one attached hydrogen (secondary N) is 4. The standard InChI is InChI=1S/C37H46ClN9/c1-7-32(26-13-9-8-10-14-26)43-35-27(22-39)23-41-36-30(35)20-28(21-31(36)38)42-34(25(2)12-11-17-40-6)33-24-47(45-44-33)29-15-18-46(19-16-29)37(3,4)5/h8-14,17,20-21,23-24,29,32,34,42,44-45H,2,7,15-16,18-19H2,1,3-6H3,(H,41,43)/b12-11-,40-17?/t32-,34+/m1/s1. The van der Waals surface area contributed by atoms with Gasteiger partial charge in [0.05, 0.1) is 39.6 Å². The zero-order valence-electron chi connectivity index (χ0n) is 28.0. The predicted octanol–water partition coefficient (Wildman–Crippen LogP) is 7.35. The Bertz CT molecular complexity index is 1690. The van der Waals surface area contributed by atoms with E-state index >= 15 is 0 Å². The number of pyridine rings is 1. The number of anilines is 2. The van der Waals surface area contributed by atoms with Crippen LogP contribution in [0, 0.1) is 11.3 Å². The van der Waals surface area contributed by atoms with Crippen LogP contribution in [-0.2, 0) is 0 Å². The Morgan fingerprint density at radius 3 is 2.62 bits per heavy atom. The lowest BCUT2D eigenvalue weighted by atomic mass is 9.98. The Balaban J connectivity index is 1.47. The summed E-state index contributed by atoms with van der Waals surface area (Å²) in [5.74, 6) is 0. The van der Waals surface area contributed by atoms with Gasteiger partial charge in [-0.15, -0.1) is 5.53 Å². The van der Waals surface area contributed by atoms with E-state index in [2.05, 4.69) is 100 Å². The van der Waals surface area contributed by atoms with Crippen LogP contribution in [0.5, 0.6) is 0 Å². The maximum atomic E-state index is 10.1. The summed E-state index contributed by atoms with van der Waals surface area (Å²) in [7, 11) is 1.74. The molecule has 246 valence electrons. The Morgan fingerprint density at radius 1 is 1.21 bits per heavy atom. The molecule has 9 nitrogen and oxygen atoms in total. The van der Waals surface area contributed by atoms with Gasteiger partial charge in [0.2, 0.25) is 0 Å². The minimum absolute atomic E-state index is 0.00218. The van der Waals surface area contributed by atoms with Crippen molar-refractivity contribution in [3.63, 3.8) is 0 Å². The zero-order chi connectivity index (χ0) is 33.6. The van der Waals surface area contributed by atoms with Crippen LogP contribution in [0.4, 0.5) is 11.4 Å². The van der Waals surface area contributed by atoms with E-state index in [-0.39, 0.29) is 17.6 Å². The molecule has 4 N–H and O–H groups in total. The SMILES string of the molecule is C=C(/C=C\C=NC)[C@H](Nc1cc(Cl)c2ncc(C#N)c(N[C@H](CC)c3ccccc3)c2c1)C1=CN(C2CCN(C(C)(C)C)CC2)NN1. The molecule has 0 bridgehead atoms. The molecule has 1 fully saturated rings. The minimum Gasteiger partial charge on any atom is -0.377 e. The first-order valence-electron chi connectivity index (χ1n) is 16.3. The van der Waals surface area contributed by atoms with E-state index < -0.39 is 0 Å². The van der Waals surface area contributed by atoms with Crippen LogP contribution in [0.3, 0.4) is 0 Å². The quantitative estimate of drug-likeness (QED) is 0.126. The van der Waals surface area contributed by atoms with Gasteiger partial charge in [-0.3, -0.25) is 19.9 Å².